The standard InChI is InChI=1S/C13H24O5/c1-8(2)12(17)18-7-6-13(9(3)14,10(4)15)11(5)16/h9-11,14-16H,1,6-7H2,2-5H3. The van der Waals surface area contributed by atoms with Gasteiger partial charge in [0, 0.05) is 5.57 Å². The first-order valence-electron chi connectivity index (χ1n) is 6.03. The molecule has 0 aromatic rings. The summed E-state index contributed by atoms with van der Waals surface area (Å²) >= 11 is 0. The number of carbonyl (C=O) groups is 1. The average Bonchev–Trinajstić information content (AvgIpc) is 2.21. The van der Waals surface area contributed by atoms with Crippen LogP contribution in [0, 0.1) is 5.41 Å². The number of rotatable bonds is 7. The topological polar surface area (TPSA) is 87.0 Å². The Morgan fingerprint density at radius 1 is 1.17 bits per heavy atom. The summed E-state index contributed by atoms with van der Waals surface area (Å²) in [4.78, 5) is 11.2. The van der Waals surface area contributed by atoms with Crippen LogP contribution in [-0.4, -0.2) is 46.2 Å². The van der Waals surface area contributed by atoms with Gasteiger partial charge in [-0.2, -0.15) is 0 Å². The highest BCUT2D eigenvalue weighted by Gasteiger charge is 2.44. The summed E-state index contributed by atoms with van der Waals surface area (Å²) in [6.07, 6.45) is -2.62. The lowest BCUT2D eigenvalue weighted by Gasteiger charge is -2.41. The molecule has 0 spiro atoms. The molecule has 3 N–H and O–H groups in total. The third-order valence-electron chi connectivity index (χ3n) is 3.45. The van der Waals surface area contributed by atoms with Gasteiger partial charge in [0.15, 0.2) is 0 Å². The van der Waals surface area contributed by atoms with Crippen LogP contribution in [0.25, 0.3) is 0 Å². The van der Waals surface area contributed by atoms with Gasteiger partial charge in [-0.1, -0.05) is 6.58 Å². The van der Waals surface area contributed by atoms with Crippen molar-refractivity contribution < 1.29 is 24.9 Å². The van der Waals surface area contributed by atoms with Crippen LogP contribution in [0.4, 0.5) is 0 Å². The molecular formula is C13H24O5. The van der Waals surface area contributed by atoms with Crippen molar-refractivity contribution in [3.63, 3.8) is 0 Å². The molecule has 0 rings (SSSR count). The van der Waals surface area contributed by atoms with Gasteiger partial charge in [0.25, 0.3) is 0 Å². The van der Waals surface area contributed by atoms with E-state index >= 15 is 0 Å². The number of ether oxygens (including phenoxy) is 1. The number of hydrogen-bond acceptors (Lipinski definition) is 5. The maximum absolute atomic E-state index is 11.2. The zero-order valence-electron chi connectivity index (χ0n) is 11.5. The third-order valence-corrected chi connectivity index (χ3v) is 3.45. The van der Waals surface area contributed by atoms with Crippen LogP contribution < -0.4 is 0 Å². The molecule has 0 fully saturated rings. The lowest BCUT2D eigenvalue weighted by Crippen LogP contribution is -2.51. The lowest BCUT2D eigenvalue weighted by atomic mass is 9.71. The summed E-state index contributed by atoms with van der Waals surface area (Å²) in [5, 5.41) is 29.4. The lowest BCUT2D eigenvalue weighted by molar-refractivity contribution is -0.150. The maximum Gasteiger partial charge on any atom is 0.333 e. The van der Waals surface area contributed by atoms with Gasteiger partial charge >= 0.3 is 5.97 Å². The Labute approximate surface area is 108 Å². The van der Waals surface area contributed by atoms with Crippen LogP contribution in [0.5, 0.6) is 0 Å². The van der Waals surface area contributed by atoms with E-state index in [-0.39, 0.29) is 18.6 Å². The third kappa shape index (κ3) is 3.80. The zero-order valence-corrected chi connectivity index (χ0v) is 11.5. The second-order valence-electron chi connectivity index (χ2n) is 4.81. The Morgan fingerprint density at radius 2 is 1.56 bits per heavy atom. The summed E-state index contributed by atoms with van der Waals surface area (Å²) in [7, 11) is 0. The van der Waals surface area contributed by atoms with Gasteiger partial charge < -0.3 is 20.1 Å². The zero-order chi connectivity index (χ0) is 14.5. The van der Waals surface area contributed by atoms with E-state index in [1.165, 1.54) is 27.7 Å². The van der Waals surface area contributed by atoms with E-state index in [0.717, 1.165) is 0 Å². The first kappa shape index (κ1) is 17.1. The van der Waals surface area contributed by atoms with E-state index in [0.29, 0.717) is 0 Å². The molecule has 5 nitrogen and oxygen atoms in total. The van der Waals surface area contributed by atoms with Crippen LogP contribution in [0.3, 0.4) is 0 Å². The highest BCUT2D eigenvalue weighted by atomic mass is 16.5. The Hall–Kier alpha value is -0.910. The van der Waals surface area contributed by atoms with E-state index < -0.39 is 29.7 Å². The molecule has 3 unspecified atom stereocenters. The average molecular weight is 260 g/mol. The molecule has 0 aromatic heterocycles. The fraction of sp³-hybridized carbons (Fsp3) is 0.769. The number of aliphatic hydroxyl groups is 3. The molecule has 0 saturated heterocycles. The van der Waals surface area contributed by atoms with Crippen molar-refractivity contribution in [1.82, 2.24) is 0 Å². The van der Waals surface area contributed by atoms with Gasteiger partial charge in [0.05, 0.1) is 30.3 Å². The van der Waals surface area contributed by atoms with Crippen molar-refractivity contribution in [3.05, 3.63) is 12.2 Å². The van der Waals surface area contributed by atoms with Crippen molar-refractivity contribution in [2.24, 2.45) is 5.41 Å². The Balaban J connectivity index is 4.72. The number of carbonyl (C=O) groups excluding carboxylic acids is 1. The van der Waals surface area contributed by atoms with E-state index in [1.54, 1.807) is 0 Å². The van der Waals surface area contributed by atoms with Gasteiger partial charge in [-0.05, 0) is 34.1 Å². The number of hydrogen-bond donors (Lipinski definition) is 3. The van der Waals surface area contributed by atoms with Crippen molar-refractivity contribution in [2.75, 3.05) is 6.61 Å². The monoisotopic (exact) mass is 260 g/mol. The molecule has 0 aliphatic heterocycles. The smallest absolute Gasteiger partial charge is 0.333 e. The van der Waals surface area contributed by atoms with Crippen molar-refractivity contribution >= 4 is 5.97 Å². The molecule has 18 heavy (non-hydrogen) atoms. The molecular weight excluding hydrogens is 236 g/mol. The van der Waals surface area contributed by atoms with Crippen molar-refractivity contribution in [3.8, 4) is 0 Å². The quantitative estimate of drug-likeness (QED) is 0.461. The van der Waals surface area contributed by atoms with Crippen LogP contribution in [-0.2, 0) is 9.53 Å². The Morgan fingerprint density at radius 3 is 1.83 bits per heavy atom. The van der Waals surface area contributed by atoms with Crippen molar-refractivity contribution in [1.29, 1.82) is 0 Å². The van der Waals surface area contributed by atoms with Gasteiger partial charge in [0.2, 0.25) is 0 Å². The minimum atomic E-state index is -1.12. The fourth-order valence-electron chi connectivity index (χ4n) is 2.12. The minimum Gasteiger partial charge on any atom is -0.462 e. The maximum atomic E-state index is 11.2. The minimum absolute atomic E-state index is 0.00634. The molecule has 0 bridgehead atoms. The molecule has 106 valence electrons. The largest absolute Gasteiger partial charge is 0.462 e. The second kappa shape index (κ2) is 6.87. The van der Waals surface area contributed by atoms with Crippen LogP contribution in [0.2, 0.25) is 0 Å². The molecule has 0 aromatic carbocycles. The Bertz CT molecular complexity index is 272. The second-order valence-corrected chi connectivity index (χ2v) is 4.81. The first-order valence-corrected chi connectivity index (χ1v) is 6.03. The van der Waals surface area contributed by atoms with E-state index in [1.807, 2.05) is 0 Å². The predicted octanol–water partition coefficient (Wildman–Crippen LogP) is 0.625. The van der Waals surface area contributed by atoms with Gasteiger partial charge in [-0.15, -0.1) is 0 Å². The molecule has 3 atom stereocenters. The summed E-state index contributed by atoms with van der Waals surface area (Å²) < 4.78 is 4.94. The van der Waals surface area contributed by atoms with Crippen LogP contribution in [0.1, 0.15) is 34.1 Å². The highest BCUT2D eigenvalue weighted by Crippen LogP contribution is 2.35. The summed E-state index contributed by atoms with van der Waals surface area (Å²) in [6, 6.07) is 0. The summed E-state index contributed by atoms with van der Waals surface area (Å²) in [5.74, 6) is -0.523. The van der Waals surface area contributed by atoms with E-state index in [2.05, 4.69) is 6.58 Å². The van der Waals surface area contributed by atoms with E-state index in [9.17, 15) is 20.1 Å². The molecule has 0 saturated carbocycles. The van der Waals surface area contributed by atoms with Gasteiger partial charge in [0.1, 0.15) is 0 Å². The van der Waals surface area contributed by atoms with Crippen LogP contribution >= 0.6 is 0 Å². The summed E-state index contributed by atoms with van der Waals surface area (Å²) in [6.45, 7) is 9.49. The van der Waals surface area contributed by atoms with Gasteiger partial charge in [-0.3, -0.25) is 0 Å². The predicted molar refractivity (Wildman–Crippen MR) is 67.9 cm³/mol. The normalized spacial score (nSPS) is 19.5. The molecule has 0 radical (unpaired) electrons. The molecule has 0 aliphatic carbocycles. The van der Waals surface area contributed by atoms with Gasteiger partial charge in [-0.25, -0.2) is 4.79 Å². The SMILES string of the molecule is C=C(C)C(=O)OCCC(C(C)O)(C(C)O)C(C)O. The highest BCUT2D eigenvalue weighted by molar-refractivity contribution is 5.86. The number of esters is 1. The summed E-state index contributed by atoms with van der Waals surface area (Å²) in [5.41, 5.74) is -0.832. The molecule has 0 heterocycles. The first-order chi connectivity index (χ1) is 8.16. The van der Waals surface area contributed by atoms with Crippen LogP contribution in [0.15, 0.2) is 12.2 Å². The van der Waals surface area contributed by atoms with E-state index in [4.69, 9.17) is 4.74 Å². The fourth-order valence-corrected chi connectivity index (χ4v) is 2.12. The Kier molecular flexibility index (Phi) is 6.52. The molecule has 0 aliphatic rings. The molecule has 5 heteroatoms. The molecule has 0 amide bonds. The van der Waals surface area contributed by atoms with Crippen molar-refractivity contribution in [2.45, 2.75) is 52.4 Å². The number of aliphatic hydroxyl groups excluding tert-OH is 3.